The first kappa shape index (κ1) is 10.4. The fourth-order valence-electron chi connectivity index (χ4n) is 1.83. The average molecular weight is 223 g/mol. The first-order valence-corrected chi connectivity index (χ1v) is 5.92. The van der Waals surface area contributed by atoms with Gasteiger partial charge in [-0.25, -0.2) is 0 Å². The molecular formula is C11H13NO2S. The van der Waals surface area contributed by atoms with E-state index >= 15 is 0 Å². The van der Waals surface area contributed by atoms with Crippen molar-refractivity contribution in [1.29, 1.82) is 0 Å². The monoisotopic (exact) mass is 223 g/mol. The van der Waals surface area contributed by atoms with Crippen molar-refractivity contribution < 1.29 is 9.59 Å². The van der Waals surface area contributed by atoms with E-state index in [1.54, 1.807) is 16.2 Å². The summed E-state index contributed by atoms with van der Waals surface area (Å²) >= 11 is 1.67. The Hall–Kier alpha value is -1.16. The van der Waals surface area contributed by atoms with Crippen molar-refractivity contribution in [2.24, 2.45) is 0 Å². The molecule has 0 spiro atoms. The zero-order valence-electron chi connectivity index (χ0n) is 8.66. The van der Waals surface area contributed by atoms with E-state index in [4.69, 9.17) is 0 Å². The van der Waals surface area contributed by atoms with Gasteiger partial charge in [0, 0.05) is 11.3 Å². The van der Waals surface area contributed by atoms with Crippen LogP contribution in [0.15, 0.2) is 11.4 Å². The molecule has 0 saturated heterocycles. The predicted molar refractivity (Wildman–Crippen MR) is 60.3 cm³/mol. The molecule has 0 unspecified atom stereocenters. The molecule has 1 amide bonds. The van der Waals surface area contributed by atoms with Gasteiger partial charge in [-0.2, -0.15) is 0 Å². The molecule has 1 aromatic rings. The van der Waals surface area contributed by atoms with Crippen LogP contribution in [0.25, 0.3) is 0 Å². The lowest BCUT2D eigenvalue weighted by atomic mass is 10.2. The number of anilines is 1. The summed E-state index contributed by atoms with van der Waals surface area (Å²) in [6, 6.07) is 1.94. The Morgan fingerprint density at radius 3 is 3.07 bits per heavy atom. The van der Waals surface area contributed by atoms with Crippen LogP contribution in [0.4, 0.5) is 5.69 Å². The first-order valence-electron chi connectivity index (χ1n) is 5.04. The largest absolute Gasteiger partial charge is 0.304 e. The average Bonchev–Trinajstić information content (AvgIpc) is 2.57. The third kappa shape index (κ3) is 2.09. The summed E-state index contributed by atoms with van der Waals surface area (Å²) in [4.78, 5) is 25.8. The second-order valence-electron chi connectivity index (χ2n) is 3.76. The summed E-state index contributed by atoms with van der Waals surface area (Å²) in [5.41, 5.74) is 0.942. The first-order chi connectivity index (χ1) is 7.18. The van der Waals surface area contributed by atoms with Gasteiger partial charge in [0.15, 0.2) is 0 Å². The van der Waals surface area contributed by atoms with E-state index < -0.39 is 0 Å². The van der Waals surface area contributed by atoms with Gasteiger partial charge < -0.3 is 4.90 Å². The molecule has 1 aromatic heterocycles. The van der Waals surface area contributed by atoms with Gasteiger partial charge in [0.25, 0.3) is 0 Å². The van der Waals surface area contributed by atoms with Crippen LogP contribution in [0.5, 0.6) is 0 Å². The van der Waals surface area contributed by atoms with Crippen LogP contribution in [0.2, 0.25) is 0 Å². The zero-order valence-corrected chi connectivity index (χ0v) is 9.47. The van der Waals surface area contributed by atoms with Gasteiger partial charge in [-0.15, -0.1) is 11.3 Å². The van der Waals surface area contributed by atoms with E-state index in [0.717, 1.165) is 18.5 Å². The van der Waals surface area contributed by atoms with Crippen molar-refractivity contribution in [3.63, 3.8) is 0 Å². The fourth-order valence-corrected chi connectivity index (χ4v) is 2.75. The Balaban J connectivity index is 2.33. The Morgan fingerprint density at radius 2 is 2.33 bits per heavy atom. The number of carbonyl (C=O) groups is 2. The molecule has 3 nitrogen and oxygen atoms in total. The number of fused-ring (bicyclic) bond motifs is 1. The molecule has 0 saturated carbocycles. The number of carbonyl (C=O) groups excluding carboxylic acids is 2. The number of amides is 1. The van der Waals surface area contributed by atoms with E-state index in [1.807, 2.05) is 11.4 Å². The van der Waals surface area contributed by atoms with Crippen molar-refractivity contribution in [2.45, 2.75) is 26.2 Å². The molecule has 15 heavy (non-hydrogen) atoms. The van der Waals surface area contributed by atoms with Crippen molar-refractivity contribution in [2.75, 3.05) is 11.4 Å². The summed E-state index contributed by atoms with van der Waals surface area (Å²) in [5, 5.41) is 1.98. The molecule has 0 radical (unpaired) electrons. The van der Waals surface area contributed by atoms with Crippen LogP contribution < -0.4 is 4.90 Å². The van der Waals surface area contributed by atoms with Gasteiger partial charge >= 0.3 is 0 Å². The van der Waals surface area contributed by atoms with Crippen molar-refractivity contribution in [3.8, 4) is 0 Å². The molecule has 2 rings (SSSR count). The molecule has 1 aliphatic rings. The molecule has 0 fully saturated rings. The number of aryl methyl sites for hydroxylation is 1. The molecule has 2 heterocycles. The van der Waals surface area contributed by atoms with Crippen molar-refractivity contribution in [1.82, 2.24) is 0 Å². The quantitative estimate of drug-likeness (QED) is 0.769. The highest BCUT2D eigenvalue weighted by molar-refractivity contribution is 7.10. The second kappa shape index (κ2) is 4.14. The highest BCUT2D eigenvalue weighted by Gasteiger charge is 2.23. The minimum atomic E-state index is 0.0300. The highest BCUT2D eigenvalue weighted by Crippen LogP contribution is 2.31. The second-order valence-corrected chi connectivity index (χ2v) is 4.77. The SMILES string of the molecule is CC(=O)CN1C(=O)CCCc2sccc21. The van der Waals surface area contributed by atoms with Gasteiger partial charge in [-0.3, -0.25) is 9.59 Å². The summed E-state index contributed by atoms with van der Waals surface area (Å²) in [7, 11) is 0. The molecule has 80 valence electrons. The van der Waals surface area contributed by atoms with Crippen LogP contribution in [0.1, 0.15) is 24.6 Å². The summed E-state index contributed by atoms with van der Waals surface area (Å²) in [6.45, 7) is 1.73. The summed E-state index contributed by atoms with van der Waals surface area (Å²) < 4.78 is 0. The third-order valence-corrected chi connectivity index (χ3v) is 3.46. The van der Waals surface area contributed by atoms with Crippen LogP contribution >= 0.6 is 11.3 Å². The molecule has 0 bridgehead atoms. The van der Waals surface area contributed by atoms with E-state index in [9.17, 15) is 9.59 Å². The van der Waals surface area contributed by atoms with Gasteiger partial charge in [-0.1, -0.05) is 0 Å². The minimum absolute atomic E-state index is 0.0300. The maximum atomic E-state index is 11.8. The van der Waals surface area contributed by atoms with E-state index in [1.165, 1.54) is 11.8 Å². The summed E-state index contributed by atoms with van der Waals surface area (Å²) in [6.07, 6.45) is 2.39. The van der Waals surface area contributed by atoms with Crippen molar-refractivity contribution >= 4 is 28.7 Å². The molecule has 1 aliphatic heterocycles. The third-order valence-electron chi connectivity index (χ3n) is 2.49. The fraction of sp³-hybridized carbons (Fsp3) is 0.455. The number of hydrogen-bond donors (Lipinski definition) is 0. The molecule has 0 aliphatic carbocycles. The lowest BCUT2D eigenvalue weighted by Crippen LogP contribution is -2.34. The molecular weight excluding hydrogens is 210 g/mol. The molecule has 0 N–H and O–H groups in total. The van der Waals surface area contributed by atoms with Crippen LogP contribution in [0.3, 0.4) is 0 Å². The number of rotatable bonds is 2. The number of thiophene rings is 1. The lowest BCUT2D eigenvalue weighted by Gasteiger charge is -2.19. The summed E-state index contributed by atoms with van der Waals surface area (Å²) in [5.74, 6) is 0.102. The predicted octanol–water partition coefficient (Wildman–Crippen LogP) is 2.01. The van der Waals surface area contributed by atoms with Gasteiger partial charge in [0.1, 0.15) is 5.78 Å². The van der Waals surface area contributed by atoms with Crippen LogP contribution in [-0.2, 0) is 16.0 Å². The normalized spacial score (nSPS) is 16.1. The molecule has 0 aromatic carbocycles. The topological polar surface area (TPSA) is 37.4 Å². The Morgan fingerprint density at radius 1 is 1.53 bits per heavy atom. The van der Waals surface area contributed by atoms with Crippen molar-refractivity contribution in [3.05, 3.63) is 16.3 Å². The molecule has 4 heteroatoms. The van der Waals surface area contributed by atoms with E-state index in [2.05, 4.69) is 0 Å². The highest BCUT2D eigenvalue weighted by atomic mass is 32.1. The van der Waals surface area contributed by atoms with E-state index in [0.29, 0.717) is 6.42 Å². The minimum Gasteiger partial charge on any atom is -0.304 e. The number of nitrogens with zero attached hydrogens (tertiary/aromatic N) is 1. The maximum Gasteiger partial charge on any atom is 0.227 e. The van der Waals surface area contributed by atoms with E-state index in [-0.39, 0.29) is 18.2 Å². The Labute approximate surface area is 92.7 Å². The Bertz CT molecular complexity index is 397. The zero-order chi connectivity index (χ0) is 10.8. The standard InChI is InChI=1S/C11H13NO2S/c1-8(13)7-12-9-5-6-15-10(9)3-2-4-11(12)14/h5-6H,2-4,7H2,1H3. The van der Waals surface area contributed by atoms with Gasteiger partial charge in [0.05, 0.1) is 12.2 Å². The van der Waals surface area contributed by atoms with Gasteiger partial charge in [-0.05, 0) is 31.2 Å². The van der Waals surface area contributed by atoms with Gasteiger partial charge in [0.2, 0.25) is 5.91 Å². The number of Topliss-reactive ketones (excluding diaryl/α,β-unsaturated/α-hetero) is 1. The number of hydrogen-bond acceptors (Lipinski definition) is 3. The maximum absolute atomic E-state index is 11.8. The van der Waals surface area contributed by atoms with Crippen LogP contribution in [0, 0.1) is 0 Å². The lowest BCUT2D eigenvalue weighted by molar-refractivity contribution is -0.121. The smallest absolute Gasteiger partial charge is 0.227 e. The number of ketones is 1. The Kier molecular flexibility index (Phi) is 2.86. The molecule has 0 atom stereocenters. The van der Waals surface area contributed by atoms with Crippen LogP contribution in [-0.4, -0.2) is 18.2 Å².